The predicted octanol–water partition coefficient (Wildman–Crippen LogP) is 0.659. The summed E-state index contributed by atoms with van der Waals surface area (Å²) in [6, 6.07) is 0. The second-order valence-corrected chi connectivity index (χ2v) is 6.40. The maximum Gasteiger partial charge on any atom is 0.319 e. The van der Waals surface area contributed by atoms with Gasteiger partial charge in [-0.2, -0.15) is 0 Å². The van der Waals surface area contributed by atoms with Crippen molar-refractivity contribution in [3.63, 3.8) is 0 Å². The molecule has 1 N–H and O–H groups in total. The molecule has 3 aliphatic rings. The van der Waals surface area contributed by atoms with E-state index in [1.54, 1.807) is 0 Å². The minimum atomic E-state index is -1.23. The lowest BCUT2D eigenvalue weighted by molar-refractivity contribution is -0.235. The third-order valence-electron chi connectivity index (χ3n) is 5.33. The van der Waals surface area contributed by atoms with Crippen molar-refractivity contribution < 1.29 is 28.9 Å². The maximum absolute atomic E-state index is 12.8. The van der Waals surface area contributed by atoms with E-state index in [4.69, 9.17) is 14.2 Å². The Kier molecular flexibility index (Phi) is 3.58. The van der Waals surface area contributed by atoms with Crippen LogP contribution in [-0.4, -0.2) is 49.1 Å². The Bertz CT molecular complexity index is 455. The second-order valence-electron chi connectivity index (χ2n) is 6.40. The molecule has 0 amide bonds. The molecule has 2 saturated carbocycles. The third kappa shape index (κ3) is 2.04. The summed E-state index contributed by atoms with van der Waals surface area (Å²) in [7, 11) is 1.29. The van der Waals surface area contributed by atoms with Crippen LogP contribution in [0.1, 0.15) is 32.6 Å². The Hall–Kier alpha value is -0.980. The Morgan fingerprint density at radius 2 is 2.05 bits per heavy atom. The fourth-order valence-electron chi connectivity index (χ4n) is 4.30. The first kappa shape index (κ1) is 14.9. The lowest BCUT2D eigenvalue weighted by Crippen LogP contribution is -2.63. The van der Waals surface area contributed by atoms with E-state index < -0.39 is 29.2 Å². The van der Waals surface area contributed by atoms with Crippen LogP contribution in [0.4, 0.5) is 0 Å². The Labute approximate surface area is 123 Å². The number of fused-ring (bicyclic) bond motifs is 2. The summed E-state index contributed by atoms with van der Waals surface area (Å²) >= 11 is 0. The average Bonchev–Trinajstić information content (AvgIpc) is 2.93. The van der Waals surface area contributed by atoms with Gasteiger partial charge in [0.05, 0.1) is 32.3 Å². The first-order valence-electron chi connectivity index (χ1n) is 7.57. The van der Waals surface area contributed by atoms with Crippen LogP contribution in [0.3, 0.4) is 0 Å². The Morgan fingerprint density at radius 1 is 1.38 bits per heavy atom. The minimum Gasteiger partial charge on any atom is -0.468 e. The van der Waals surface area contributed by atoms with Gasteiger partial charge in [-0.25, -0.2) is 0 Å². The van der Waals surface area contributed by atoms with Gasteiger partial charge in [0, 0.05) is 12.8 Å². The van der Waals surface area contributed by atoms with Crippen molar-refractivity contribution in [3.05, 3.63) is 0 Å². The third-order valence-corrected chi connectivity index (χ3v) is 5.33. The molecule has 2 aliphatic carbocycles. The molecule has 1 aliphatic heterocycles. The number of methoxy groups -OCH3 is 1. The highest BCUT2D eigenvalue weighted by atomic mass is 16.7. The molecule has 1 heterocycles. The van der Waals surface area contributed by atoms with Gasteiger partial charge in [0.15, 0.2) is 11.6 Å². The van der Waals surface area contributed by atoms with Gasteiger partial charge < -0.3 is 19.3 Å². The number of carbonyl (C=O) groups excluding carboxylic acids is 2. The standard InChI is InChI=1S/C15H22O6/c1-3-9-6-14(13(18)19-2)8-15(20-4-5-21-15)7-10(11(9)16)12(14)17/h9-11,16H,3-8H2,1-2H3/t9-,10+,11+,14-/m1/s1. The molecule has 0 aromatic carbocycles. The Morgan fingerprint density at radius 3 is 2.62 bits per heavy atom. The number of aliphatic hydroxyl groups is 1. The first-order valence-corrected chi connectivity index (χ1v) is 7.57. The Balaban J connectivity index is 2.03. The van der Waals surface area contributed by atoms with Gasteiger partial charge >= 0.3 is 5.97 Å². The van der Waals surface area contributed by atoms with Crippen LogP contribution in [0, 0.1) is 17.3 Å². The smallest absolute Gasteiger partial charge is 0.319 e. The number of esters is 1. The minimum absolute atomic E-state index is 0.0782. The molecule has 0 aromatic heterocycles. The van der Waals surface area contributed by atoms with Crippen LogP contribution in [0.15, 0.2) is 0 Å². The van der Waals surface area contributed by atoms with E-state index in [1.807, 2.05) is 6.92 Å². The first-order chi connectivity index (χ1) is 9.98. The topological polar surface area (TPSA) is 82.1 Å². The molecule has 0 unspecified atom stereocenters. The van der Waals surface area contributed by atoms with Crippen molar-refractivity contribution in [1.82, 2.24) is 0 Å². The highest BCUT2D eigenvalue weighted by molar-refractivity contribution is 6.06. The molecule has 6 heteroatoms. The van der Waals surface area contributed by atoms with E-state index in [0.29, 0.717) is 26.1 Å². The molecule has 6 nitrogen and oxygen atoms in total. The summed E-state index contributed by atoms with van der Waals surface area (Å²) < 4.78 is 16.3. The zero-order chi connectivity index (χ0) is 15.3. The van der Waals surface area contributed by atoms with Gasteiger partial charge in [0.2, 0.25) is 0 Å². The molecule has 1 saturated heterocycles. The zero-order valence-electron chi connectivity index (χ0n) is 12.5. The number of Topliss-reactive ketones (excluding diaryl/α,β-unsaturated/α-hetero) is 1. The molecule has 3 fully saturated rings. The lowest BCUT2D eigenvalue weighted by atomic mass is 9.55. The largest absolute Gasteiger partial charge is 0.468 e. The van der Waals surface area contributed by atoms with E-state index in [2.05, 4.69) is 0 Å². The van der Waals surface area contributed by atoms with Crippen LogP contribution >= 0.6 is 0 Å². The molecule has 0 radical (unpaired) electrons. The van der Waals surface area contributed by atoms with Gasteiger partial charge in [0.25, 0.3) is 0 Å². The van der Waals surface area contributed by atoms with E-state index >= 15 is 0 Å². The number of carbonyl (C=O) groups is 2. The summed E-state index contributed by atoms with van der Waals surface area (Å²) in [4.78, 5) is 25.2. The quantitative estimate of drug-likeness (QED) is 0.596. The molecule has 1 spiro atoms. The fourth-order valence-corrected chi connectivity index (χ4v) is 4.30. The number of hydrogen-bond acceptors (Lipinski definition) is 6. The molecule has 4 atom stereocenters. The zero-order valence-corrected chi connectivity index (χ0v) is 12.5. The van der Waals surface area contributed by atoms with Gasteiger partial charge in [-0.05, 0) is 12.3 Å². The van der Waals surface area contributed by atoms with Crippen LogP contribution < -0.4 is 0 Å². The molecular weight excluding hydrogens is 276 g/mol. The maximum atomic E-state index is 12.8. The molecule has 21 heavy (non-hydrogen) atoms. The average molecular weight is 298 g/mol. The van der Waals surface area contributed by atoms with Gasteiger partial charge in [-0.3, -0.25) is 9.59 Å². The monoisotopic (exact) mass is 298 g/mol. The van der Waals surface area contributed by atoms with Gasteiger partial charge in [-0.15, -0.1) is 0 Å². The van der Waals surface area contributed by atoms with E-state index in [1.165, 1.54) is 7.11 Å². The number of aliphatic hydroxyl groups excluding tert-OH is 1. The van der Waals surface area contributed by atoms with E-state index in [0.717, 1.165) is 6.42 Å². The molecule has 2 bridgehead atoms. The molecular formula is C15H22O6. The van der Waals surface area contributed by atoms with Crippen LogP contribution in [0.25, 0.3) is 0 Å². The summed E-state index contributed by atoms with van der Waals surface area (Å²) in [6.45, 7) is 2.86. The molecule has 118 valence electrons. The van der Waals surface area contributed by atoms with Gasteiger partial charge in [-0.1, -0.05) is 13.3 Å². The number of ether oxygens (including phenoxy) is 3. The number of ketones is 1. The normalized spacial score (nSPS) is 41.3. The van der Waals surface area contributed by atoms with Crippen LogP contribution in [0.2, 0.25) is 0 Å². The lowest BCUT2D eigenvalue weighted by Gasteiger charge is -2.52. The molecule has 3 rings (SSSR count). The van der Waals surface area contributed by atoms with Crippen molar-refractivity contribution >= 4 is 11.8 Å². The highest BCUT2D eigenvalue weighted by Gasteiger charge is 2.66. The molecule has 0 aromatic rings. The second kappa shape index (κ2) is 5.04. The summed E-state index contributed by atoms with van der Waals surface area (Å²) in [5, 5.41) is 10.5. The fraction of sp³-hybridized carbons (Fsp3) is 0.867. The van der Waals surface area contributed by atoms with Crippen molar-refractivity contribution in [2.75, 3.05) is 20.3 Å². The van der Waals surface area contributed by atoms with Crippen LogP contribution in [-0.2, 0) is 23.8 Å². The van der Waals surface area contributed by atoms with Crippen molar-refractivity contribution in [2.24, 2.45) is 17.3 Å². The van der Waals surface area contributed by atoms with Gasteiger partial charge in [0.1, 0.15) is 5.41 Å². The summed E-state index contributed by atoms with van der Waals surface area (Å²) in [5.41, 5.74) is -1.23. The van der Waals surface area contributed by atoms with Crippen molar-refractivity contribution in [1.29, 1.82) is 0 Å². The number of rotatable bonds is 2. The number of hydrogen-bond donors (Lipinski definition) is 1. The highest BCUT2D eigenvalue weighted by Crippen LogP contribution is 2.55. The van der Waals surface area contributed by atoms with Crippen molar-refractivity contribution in [3.8, 4) is 0 Å². The predicted molar refractivity (Wildman–Crippen MR) is 71.2 cm³/mol. The van der Waals surface area contributed by atoms with E-state index in [9.17, 15) is 14.7 Å². The van der Waals surface area contributed by atoms with Crippen LogP contribution in [0.5, 0.6) is 0 Å². The SMILES string of the molecule is CC[C@@H]1C[C@@]2(C(=O)OC)CC3(C[C@H](C2=O)[C@H]1O)OCCO3. The summed E-state index contributed by atoms with van der Waals surface area (Å²) in [6.07, 6.45) is 0.803. The van der Waals surface area contributed by atoms with Crippen molar-refractivity contribution in [2.45, 2.75) is 44.5 Å². The van der Waals surface area contributed by atoms with E-state index in [-0.39, 0.29) is 18.1 Å². The summed E-state index contributed by atoms with van der Waals surface area (Å²) in [5.74, 6) is -2.36.